The smallest absolute Gasteiger partial charge is 0.120 e. The average molecular weight is 274 g/mol. The van der Waals surface area contributed by atoms with Gasteiger partial charge < -0.3 is 15.0 Å². The minimum atomic E-state index is 0.355. The first kappa shape index (κ1) is 13.9. The molecule has 0 bridgehead atoms. The van der Waals surface area contributed by atoms with Gasteiger partial charge in [-0.25, -0.2) is 0 Å². The monoisotopic (exact) mass is 274 g/mol. The summed E-state index contributed by atoms with van der Waals surface area (Å²) in [6.07, 6.45) is 5.35. The van der Waals surface area contributed by atoms with Gasteiger partial charge in [0, 0.05) is 13.1 Å². The van der Waals surface area contributed by atoms with E-state index in [1.807, 2.05) is 0 Å². The summed E-state index contributed by atoms with van der Waals surface area (Å²) >= 11 is 0. The van der Waals surface area contributed by atoms with Crippen LogP contribution in [0.2, 0.25) is 0 Å². The maximum Gasteiger partial charge on any atom is 0.120 e. The summed E-state index contributed by atoms with van der Waals surface area (Å²) in [5.74, 6) is 1.70. The normalized spacial score (nSPS) is 28.2. The number of nitrogens with zero attached hydrogens (tertiary/aromatic N) is 1. The molecular weight excluding hydrogens is 248 g/mol. The third-order valence-corrected chi connectivity index (χ3v) is 4.51. The second-order valence-corrected chi connectivity index (χ2v) is 6.26. The zero-order chi connectivity index (χ0) is 13.8. The van der Waals surface area contributed by atoms with Crippen LogP contribution in [-0.4, -0.2) is 44.2 Å². The Morgan fingerprint density at radius 1 is 1.25 bits per heavy atom. The molecule has 110 valence electrons. The second kappa shape index (κ2) is 6.59. The molecule has 3 rings (SSSR count). The molecule has 1 aromatic rings. The molecule has 0 amide bonds. The molecule has 1 N–H and O–H groups in total. The van der Waals surface area contributed by atoms with Crippen molar-refractivity contribution < 1.29 is 4.74 Å². The first-order valence-corrected chi connectivity index (χ1v) is 7.97. The fourth-order valence-corrected chi connectivity index (χ4v) is 3.39. The van der Waals surface area contributed by atoms with E-state index in [4.69, 9.17) is 4.74 Å². The maximum atomic E-state index is 6.20. The molecule has 2 saturated heterocycles. The van der Waals surface area contributed by atoms with Crippen LogP contribution in [0.1, 0.15) is 37.2 Å². The SMILES string of the molecule is CN1CCCC(Oc2cccc(C3CCCNC3)c2)C1. The molecule has 0 radical (unpaired) electrons. The highest BCUT2D eigenvalue weighted by Gasteiger charge is 2.19. The van der Waals surface area contributed by atoms with E-state index in [1.165, 1.54) is 44.3 Å². The van der Waals surface area contributed by atoms with Gasteiger partial charge in [-0.05, 0) is 69.4 Å². The van der Waals surface area contributed by atoms with E-state index in [0.717, 1.165) is 18.8 Å². The van der Waals surface area contributed by atoms with Crippen molar-refractivity contribution in [2.45, 2.75) is 37.7 Å². The van der Waals surface area contributed by atoms with Crippen molar-refractivity contribution in [2.24, 2.45) is 0 Å². The molecular formula is C17H26N2O. The first-order chi connectivity index (χ1) is 9.81. The van der Waals surface area contributed by atoms with Crippen molar-refractivity contribution in [3.05, 3.63) is 29.8 Å². The lowest BCUT2D eigenvalue weighted by Crippen LogP contribution is -2.38. The predicted molar refractivity (Wildman–Crippen MR) is 82.4 cm³/mol. The van der Waals surface area contributed by atoms with Crippen molar-refractivity contribution in [2.75, 3.05) is 33.2 Å². The zero-order valence-corrected chi connectivity index (χ0v) is 12.5. The van der Waals surface area contributed by atoms with Gasteiger partial charge in [0.1, 0.15) is 11.9 Å². The lowest BCUT2D eigenvalue weighted by atomic mass is 9.91. The van der Waals surface area contributed by atoms with Gasteiger partial charge in [-0.2, -0.15) is 0 Å². The Labute approximate surface area is 122 Å². The van der Waals surface area contributed by atoms with Gasteiger partial charge >= 0.3 is 0 Å². The Hall–Kier alpha value is -1.06. The van der Waals surface area contributed by atoms with Crippen LogP contribution in [0.15, 0.2) is 24.3 Å². The number of ether oxygens (including phenoxy) is 1. The van der Waals surface area contributed by atoms with Crippen LogP contribution in [0.5, 0.6) is 5.75 Å². The van der Waals surface area contributed by atoms with Gasteiger partial charge in [0.2, 0.25) is 0 Å². The fraction of sp³-hybridized carbons (Fsp3) is 0.647. The molecule has 0 aliphatic carbocycles. The van der Waals surface area contributed by atoms with E-state index in [-0.39, 0.29) is 0 Å². The molecule has 0 spiro atoms. The summed E-state index contributed by atoms with van der Waals surface area (Å²) < 4.78 is 6.20. The highest BCUT2D eigenvalue weighted by molar-refractivity contribution is 5.31. The quantitative estimate of drug-likeness (QED) is 0.917. The van der Waals surface area contributed by atoms with E-state index in [1.54, 1.807) is 0 Å². The number of likely N-dealkylation sites (N-methyl/N-ethyl adjacent to an activating group) is 1. The van der Waals surface area contributed by atoms with Crippen LogP contribution >= 0.6 is 0 Å². The number of likely N-dealkylation sites (tertiary alicyclic amines) is 1. The van der Waals surface area contributed by atoms with Gasteiger partial charge in [0.05, 0.1) is 0 Å². The molecule has 1 aromatic carbocycles. The number of rotatable bonds is 3. The fourth-order valence-electron chi connectivity index (χ4n) is 3.39. The number of nitrogens with one attached hydrogen (secondary N) is 1. The highest BCUT2D eigenvalue weighted by Crippen LogP contribution is 2.27. The van der Waals surface area contributed by atoms with Gasteiger partial charge in [0.15, 0.2) is 0 Å². The van der Waals surface area contributed by atoms with E-state index in [2.05, 4.69) is 41.5 Å². The summed E-state index contributed by atoms with van der Waals surface area (Å²) in [5, 5.41) is 3.49. The van der Waals surface area contributed by atoms with Crippen LogP contribution in [0.25, 0.3) is 0 Å². The van der Waals surface area contributed by atoms with Gasteiger partial charge in [-0.15, -0.1) is 0 Å². The number of hydrogen-bond acceptors (Lipinski definition) is 3. The molecule has 2 heterocycles. The maximum absolute atomic E-state index is 6.20. The zero-order valence-electron chi connectivity index (χ0n) is 12.5. The second-order valence-electron chi connectivity index (χ2n) is 6.26. The minimum Gasteiger partial charge on any atom is -0.489 e. The van der Waals surface area contributed by atoms with Crippen LogP contribution in [0.3, 0.4) is 0 Å². The van der Waals surface area contributed by atoms with E-state index in [9.17, 15) is 0 Å². The van der Waals surface area contributed by atoms with Gasteiger partial charge in [-0.3, -0.25) is 0 Å². The minimum absolute atomic E-state index is 0.355. The molecule has 3 nitrogen and oxygen atoms in total. The summed E-state index contributed by atoms with van der Waals surface area (Å²) in [6, 6.07) is 8.75. The van der Waals surface area contributed by atoms with Crippen LogP contribution in [0.4, 0.5) is 0 Å². The molecule has 2 aliphatic heterocycles. The van der Waals surface area contributed by atoms with Crippen LogP contribution in [0, 0.1) is 0 Å². The van der Waals surface area contributed by atoms with Crippen LogP contribution in [-0.2, 0) is 0 Å². The van der Waals surface area contributed by atoms with Gasteiger partial charge in [0.25, 0.3) is 0 Å². The lowest BCUT2D eigenvalue weighted by molar-refractivity contribution is 0.104. The number of hydrogen-bond donors (Lipinski definition) is 1. The summed E-state index contributed by atoms with van der Waals surface area (Å²) in [5.41, 5.74) is 1.43. The first-order valence-electron chi connectivity index (χ1n) is 7.97. The molecule has 0 saturated carbocycles. The van der Waals surface area contributed by atoms with Crippen LogP contribution < -0.4 is 10.1 Å². The van der Waals surface area contributed by atoms with E-state index >= 15 is 0 Å². The topological polar surface area (TPSA) is 24.5 Å². The van der Waals surface area contributed by atoms with Crippen molar-refractivity contribution in [1.29, 1.82) is 0 Å². The van der Waals surface area contributed by atoms with E-state index in [0.29, 0.717) is 12.0 Å². The summed E-state index contributed by atoms with van der Waals surface area (Å²) in [6.45, 7) is 4.53. The molecule has 20 heavy (non-hydrogen) atoms. The van der Waals surface area contributed by atoms with Gasteiger partial charge in [-0.1, -0.05) is 12.1 Å². The van der Waals surface area contributed by atoms with Crippen molar-refractivity contribution in [1.82, 2.24) is 10.2 Å². The van der Waals surface area contributed by atoms with Crippen molar-refractivity contribution in [3.8, 4) is 5.75 Å². The predicted octanol–water partition coefficient (Wildman–Crippen LogP) is 2.63. The summed E-state index contributed by atoms with van der Waals surface area (Å²) in [4.78, 5) is 2.36. The molecule has 2 aliphatic rings. The molecule has 2 atom stereocenters. The van der Waals surface area contributed by atoms with Crippen molar-refractivity contribution >= 4 is 0 Å². The molecule has 2 fully saturated rings. The van der Waals surface area contributed by atoms with E-state index < -0.39 is 0 Å². The molecule has 0 aromatic heterocycles. The Morgan fingerprint density at radius 3 is 3.00 bits per heavy atom. The Kier molecular flexibility index (Phi) is 4.58. The highest BCUT2D eigenvalue weighted by atomic mass is 16.5. The Morgan fingerprint density at radius 2 is 2.20 bits per heavy atom. The molecule has 3 heteroatoms. The van der Waals surface area contributed by atoms with Crippen molar-refractivity contribution in [3.63, 3.8) is 0 Å². The lowest BCUT2D eigenvalue weighted by Gasteiger charge is -2.30. The third-order valence-electron chi connectivity index (χ3n) is 4.51. The third kappa shape index (κ3) is 3.53. The number of piperidine rings is 2. The standard InChI is InChI=1S/C17H26N2O/c1-19-10-4-8-17(13-19)20-16-7-2-5-14(11-16)15-6-3-9-18-12-15/h2,5,7,11,15,17-18H,3-4,6,8-10,12-13H2,1H3. The number of benzene rings is 1. The Bertz CT molecular complexity index is 429. The summed E-state index contributed by atoms with van der Waals surface area (Å²) in [7, 11) is 2.18. The molecule has 2 unspecified atom stereocenters. The largest absolute Gasteiger partial charge is 0.489 e. The Balaban J connectivity index is 1.64. The average Bonchev–Trinajstić information content (AvgIpc) is 2.48.